The van der Waals surface area contributed by atoms with Gasteiger partial charge in [-0.1, -0.05) is 78.9 Å². The second-order valence-electron chi connectivity index (χ2n) is 7.68. The molecule has 3 heteroatoms. The molecule has 0 aliphatic rings. The fourth-order valence-corrected chi connectivity index (χ4v) is 4.95. The van der Waals surface area contributed by atoms with Crippen LogP contribution in [0.25, 0.3) is 43.8 Å². The van der Waals surface area contributed by atoms with Crippen molar-refractivity contribution < 1.29 is 9.53 Å². The summed E-state index contributed by atoms with van der Waals surface area (Å²) in [5.41, 5.74) is 4.73. The van der Waals surface area contributed by atoms with Gasteiger partial charge in [-0.25, -0.2) is 4.79 Å². The van der Waals surface area contributed by atoms with E-state index in [4.69, 9.17) is 4.74 Å². The molecule has 0 aliphatic carbocycles. The molecule has 0 fully saturated rings. The molecule has 5 rings (SSSR count). The van der Waals surface area contributed by atoms with Crippen molar-refractivity contribution >= 4 is 39.3 Å². The van der Waals surface area contributed by atoms with Gasteiger partial charge in [-0.15, -0.1) is 11.8 Å². The Bertz CT molecular complexity index is 1460. The molecular formula is C29H22O2S. The Morgan fingerprint density at radius 1 is 0.688 bits per heavy atom. The van der Waals surface area contributed by atoms with Crippen molar-refractivity contribution in [2.75, 3.05) is 13.4 Å². The first kappa shape index (κ1) is 20.3. The van der Waals surface area contributed by atoms with Crippen LogP contribution in [-0.4, -0.2) is 19.3 Å². The number of thioether (sulfide) groups is 1. The average Bonchev–Trinajstić information content (AvgIpc) is 2.86. The monoisotopic (exact) mass is 434 g/mol. The van der Waals surface area contributed by atoms with E-state index in [-0.39, 0.29) is 5.97 Å². The first-order valence-electron chi connectivity index (χ1n) is 10.5. The fourth-order valence-electron chi connectivity index (χ4n) is 4.31. The van der Waals surface area contributed by atoms with E-state index in [9.17, 15) is 4.79 Å². The third-order valence-electron chi connectivity index (χ3n) is 5.87. The number of benzene rings is 5. The number of hydrogen-bond acceptors (Lipinski definition) is 3. The maximum atomic E-state index is 12.9. The molecule has 32 heavy (non-hydrogen) atoms. The Morgan fingerprint density at radius 2 is 1.41 bits per heavy atom. The standard InChI is InChI=1S/C29H22O2S/c1-31-29(30)28-26(22-15-14-19-8-3-4-10-21(19)16-22)17-23(18-27(28)32-2)25-13-7-11-20-9-5-6-12-24(20)25/h3-18H,1-2H3. The van der Waals surface area contributed by atoms with Gasteiger partial charge in [-0.3, -0.25) is 0 Å². The number of fused-ring (bicyclic) bond motifs is 2. The van der Waals surface area contributed by atoms with Gasteiger partial charge in [0, 0.05) is 4.90 Å². The lowest BCUT2D eigenvalue weighted by atomic mass is 9.91. The zero-order valence-electron chi connectivity index (χ0n) is 18.0. The minimum atomic E-state index is -0.318. The molecule has 0 heterocycles. The van der Waals surface area contributed by atoms with E-state index in [1.54, 1.807) is 11.8 Å². The van der Waals surface area contributed by atoms with E-state index >= 15 is 0 Å². The van der Waals surface area contributed by atoms with Gasteiger partial charge in [0.05, 0.1) is 12.7 Å². The van der Waals surface area contributed by atoms with Crippen molar-refractivity contribution in [1.29, 1.82) is 0 Å². The van der Waals surface area contributed by atoms with Crippen LogP contribution in [0.4, 0.5) is 0 Å². The average molecular weight is 435 g/mol. The van der Waals surface area contributed by atoms with E-state index in [1.165, 1.54) is 23.3 Å². The minimum absolute atomic E-state index is 0.318. The lowest BCUT2D eigenvalue weighted by Crippen LogP contribution is -2.06. The molecule has 2 nitrogen and oxygen atoms in total. The lowest BCUT2D eigenvalue weighted by Gasteiger charge is -2.17. The molecule has 0 aliphatic heterocycles. The molecule has 0 atom stereocenters. The summed E-state index contributed by atoms with van der Waals surface area (Å²) in [6, 6.07) is 33.6. The predicted octanol–water partition coefficient (Wildman–Crippen LogP) is 7.84. The highest BCUT2D eigenvalue weighted by atomic mass is 32.2. The van der Waals surface area contributed by atoms with Crippen molar-refractivity contribution in [2.45, 2.75) is 4.90 Å². The van der Waals surface area contributed by atoms with Crippen molar-refractivity contribution in [2.24, 2.45) is 0 Å². The third-order valence-corrected chi connectivity index (χ3v) is 6.63. The first-order chi connectivity index (χ1) is 15.7. The van der Waals surface area contributed by atoms with Crippen molar-refractivity contribution in [1.82, 2.24) is 0 Å². The number of methoxy groups -OCH3 is 1. The largest absolute Gasteiger partial charge is 0.465 e. The SMILES string of the molecule is COC(=O)c1c(SC)cc(-c2cccc3ccccc23)cc1-c1ccc2ccccc2c1. The number of rotatable bonds is 4. The summed E-state index contributed by atoms with van der Waals surface area (Å²) in [6.45, 7) is 0. The quantitative estimate of drug-likeness (QED) is 0.213. The van der Waals surface area contributed by atoms with Crippen LogP contribution in [0.15, 0.2) is 102 Å². The van der Waals surface area contributed by atoms with Crippen LogP contribution in [-0.2, 0) is 4.74 Å². The van der Waals surface area contributed by atoms with E-state index in [0.717, 1.165) is 32.5 Å². The number of carbonyl (C=O) groups excluding carboxylic acids is 1. The van der Waals surface area contributed by atoms with Gasteiger partial charge in [0.1, 0.15) is 0 Å². The van der Waals surface area contributed by atoms with E-state index in [2.05, 4.69) is 84.9 Å². The van der Waals surface area contributed by atoms with Gasteiger partial charge in [-0.05, 0) is 68.3 Å². The van der Waals surface area contributed by atoms with Gasteiger partial charge in [0.25, 0.3) is 0 Å². The molecule has 0 amide bonds. The van der Waals surface area contributed by atoms with Gasteiger partial charge < -0.3 is 4.74 Å². The fraction of sp³-hybridized carbons (Fsp3) is 0.0690. The van der Waals surface area contributed by atoms with Crippen molar-refractivity contribution in [3.8, 4) is 22.3 Å². The van der Waals surface area contributed by atoms with Crippen LogP contribution in [0, 0.1) is 0 Å². The second-order valence-corrected chi connectivity index (χ2v) is 8.53. The Hall–Kier alpha value is -3.56. The minimum Gasteiger partial charge on any atom is -0.465 e. The number of esters is 1. The van der Waals surface area contributed by atoms with Gasteiger partial charge in [0.15, 0.2) is 0 Å². The van der Waals surface area contributed by atoms with Crippen LogP contribution < -0.4 is 0 Å². The van der Waals surface area contributed by atoms with Crippen LogP contribution in [0.5, 0.6) is 0 Å². The molecule has 0 N–H and O–H groups in total. The van der Waals surface area contributed by atoms with E-state index in [0.29, 0.717) is 5.56 Å². The zero-order valence-corrected chi connectivity index (χ0v) is 18.8. The van der Waals surface area contributed by atoms with Gasteiger partial charge >= 0.3 is 5.97 Å². The van der Waals surface area contributed by atoms with Crippen LogP contribution >= 0.6 is 11.8 Å². The topological polar surface area (TPSA) is 26.3 Å². The molecule has 5 aromatic carbocycles. The summed E-state index contributed by atoms with van der Waals surface area (Å²) in [5, 5.41) is 4.70. The van der Waals surface area contributed by atoms with Crippen LogP contribution in [0.2, 0.25) is 0 Å². The molecule has 0 spiro atoms. The molecule has 0 bridgehead atoms. The summed E-state index contributed by atoms with van der Waals surface area (Å²) >= 11 is 1.56. The smallest absolute Gasteiger partial charge is 0.339 e. The summed E-state index contributed by atoms with van der Waals surface area (Å²) < 4.78 is 5.19. The maximum absolute atomic E-state index is 12.9. The first-order valence-corrected chi connectivity index (χ1v) is 11.7. The maximum Gasteiger partial charge on any atom is 0.339 e. The highest BCUT2D eigenvalue weighted by molar-refractivity contribution is 7.98. The van der Waals surface area contributed by atoms with Gasteiger partial charge in [-0.2, -0.15) is 0 Å². The highest BCUT2D eigenvalue weighted by Crippen LogP contribution is 2.39. The normalized spacial score (nSPS) is 11.1. The number of ether oxygens (including phenoxy) is 1. The van der Waals surface area contributed by atoms with Gasteiger partial charge in [0.2, 0.25) is 0 Å². The number of hydrogen-bond donors (Lipinski definition) is 0. The number of carbonyl (C=O) groups is 1. The zero-order chi connectivity index (χ0) is 22.1. The third kappa shape index (κ3) is 3.55. The Balaban J connectivity index is 1.81. The van der Waals surface area contributed by atoms with E-state index in [1.807, 2.05) is 18.4 Å². The molecule has 5 aromatic rings. The summed E-state index contributed by atoms with van der Waals surface area (Å²) in [7, 11) is 1.44. The Morgan fingerprint density at radius 3 is 2.19 bits per heavy atom. The highest BCUT2D eigenvalue weighted by Gasteiger charge is 2.21. The molecule has 0 unspecified atom stereocenters. The van der Waals surface area contributed by atoms with Crippen molar-refractivity contribution in [3.63, 3.8) is 0 Å². The molecule has 156 valence electrons. The predicted molar refractivity (Wildman–Crippen MR) is 135 cm³/mol. The summed E-state index contributed by atoms with van der Waals surface area (Å²) in [5.74, 6) is -0.318. The Kier molecular flexibility index (Phi) is 5.42. The van der Waals surface area contributed by atoms with E-state index < -0.39 is 0 Å². The van der Waals surface area contributed by atoms with Crippen LogP contribution in [0.3, 0.4) is 0 Å². The molecule has 0 saturated carbocycles. The summed E-state index contributed by atoms with van der Waals surface area (Å²) in [4.78, 5) is 13.8. The lowest BCUT2D eigenvalue weighted by molar-refractivity contribution is 0.0598. The molecular weight excluding hydrogens is 412 g/mol. The Labute approximate surface area is 191 Å². The second kappa shape index (κ2) is 8.52. The van der Waals surface area contributed by atoms with Crippen LogP contribution in [0.1, 0.15) is 10.4 Å². The van der Waals surface area contributed by atoms with Crippen molar-refractivity contribution in [3.05, 3.63) is 103 Å². The summed E-state index contributed by atoms with van der Waals surface area (Å²) in [6.07, 6.45) is 2.00. The molecule has 0 saturated heterocycles. The molecule has 0 aromatic heterocycles. The molecule has 0 radical (unpaired) electrons.